The lowest BCUT2D eigenvalue weighted by Gasteiger charge is -2.28. The SMILES string of the molecule is CNC(=O)N(C)c1ccc(N(C)C(=O)O)c2c1CCCC2. The van der Waals surface area contributed by atoms with Crippen LogP contribution in [-0.4, -0.2) is 38.4 Å². The van der Waals surface area contributed by atoms with Gasteiger partial charge in [0.15, 0.2) is 0 Å². The smallest absolute Gasteiger partial charge is 0.411 e. The van der Waals surface area contributed by atoms with Gasteiger partial charge in [0.25, 0.3) is 0 Å². The summed E-state index contributed by atoms with van der Waals surface area (Å²) < 4.78 is 0. The Labute approximate surface area is 124 Å². The molecule has 2 N–H and O–H groups in total. The normalized spacial score (nSPS) is 13.3. The third kappa shape index (κ3) is 2.79. The monoisotopic (exact) mass is 291 g/mol. The second-order valence-corrected chi connectivity index (χ2v) is 5.22. The van der Waals surface area contributed by atoms with Crippen LogP contribution in [0.2, 0.25) is 0 Å². The number of anilines is 2. The van der Waals surface area contributed by atoms with Crippen LogP contribution >= 0.6 is 0 Å². The van der Waals surface area contributed by atoms with E-state index < -0.39 is 6.09 Å². The van der Waals surface area contributed by atoms with E-state index >= 15 is 0 Å². The Morgan fingerprint density at radius 1 is 1.05 bits per heavy atom. The van der Waals surface area contributed by atoms with Gasteiger partial charge in [-0.05, 0) is 48.9 Å². The van der Waals surface area contributed by atoms with Crippen molar-refractivity contribution < 1.29 is 14.7 Å². The fourth-order valence-corrected chi connectivity index (χ4v) is 2.84. The molecule has 0 unspecified atom stereocenters. The lowest BCUT2D eigenvalue weighted by atomic mass is 9.88. The average Bonchev–Trinajstić information content (AvgIpc) is 2.51. The van der Waals surface area contributed by atoms with Gasteiger partial charge in [-0.2, -0.15) is 0 Å². The van der Waals surface area contributed by atoms with E-state index in [4.69, 9.17) is 0 Å². The third-order valence-corrected chi connectivity index (χ3v) is 4.01. The largest absolute Gasteiger partial charge is 0.465 e. The van der Waals surface area contributed by atoms with E-state index in [1.165, 1.54) is 4.90 Å². The number of carbonyl (C=O) groups is 2. The minimum Gasteiger partial charge on any atom is -0.465 e. The standard InChI is InChI=1S/C15H21N3O3/c1-16-14(19)17(2)12-8-9-13(18(3)15(20)21)11-7-5-4-6-10(11)12/h8-9H,4-7H2,1-3H3,(H,16,19)(H,20,21). The molecule has 0 saturated heterocycles. The minimum absolute atomic E-state index is 0.179. The van der Waals surface area contributed by atoms with Gasteiger partial charge in [-0.1, -0.05) is 0 Å². The Bertz CT molecular complexity index is 572. The van der Waals surface area contributed by atoms with Crippen LogP contribution in [0.15, 0.2) is 12.1 Å². The van der Waals surface area contributed by atoms with Gasteiger partial charge in [0.2, 0.25) is 0 Å². The fraction of sp³-hybridized carbons (Fsp3) is 0.467. The second kappa shape index (κ2) is 6.03. The van der Waals surface area contributed by atoms with Gasteiger partial charge >= 0.3 is 12.1 Å². The third-order valence-electron chi connectivity index (χ3n) is 4.01. The highest BCUT2D eigenvalue weighted by Crippen LogP contribution is 2.36. The molecule has 3 amide bonds. The molecule has 0 atom stereocenters. The summed E-state index contributed by atoms with van der Waals surface area (Å²) in [6, 6.07) is 3.43. The van der Waals surface area contributed by atoms with Crippen molar-refractivity contribution in [3.63, 3.8) is 0 Å². The van der Waals surface area contributed by atoms with Gasteiger partial charge in [-0.15, -0.1) is 0 Å². The summed E-state index contributed by atoms with van der Waals surface area (Å²) in [7, 11) is 4.87. The van der Waals surface area contributed by atoms with E-state index in [1.54, 1.807) is 32.1 Å². The van der Waals surface area contributed by atoms with Crippen LogP contribution in [0.4, 0.5) is 21.0 Å². The number of carbonyl (C=O) groups excluding carboxylic acids is 1. The molecule has 0 heterocycles. The number of carboxylic acid groups (broad SMARTS) is 1. The maximum atomic E-state index is 11.8. The predicted molar refractivity (Wildman–Crippen MR) is 82.4 cm³/mol. The molecule has 0 saturated carbocycles. The number of benzene rings is 1. The quantitative estimate of drug-likeness (QED) is 0.879. The van der Waals surface area contributed by atoms with Crippen LogP contribution in [0.25, 0.3) is 0 Å². The van der Waals surface area contributed by atoms with Gasteiger partial charge in [-0.3, -0.25) is 9.80 Å². The summed E-state index contributed by atoms with van der Waals surface area (Å²) in [6.45, 7) is 0. The number of urea groups is 1. The zero-order chi connectivity index (χ0) is 15.6. The minimum atomic E-state index is -0.977. The number of nitrogens with zero attached hydrogens (tertiary/aromatic N) is 2. The molecule has 114 valence electrons. The molecule has 0 spiro atoms. The van der Waals surface area contributed by atoms with Crippen LogP contribution in [0.5, 0.6) is 0 Å². The van der Waals surface area contributed by atoms with Crippen molar-refractivity contribution in [2.45, 2.75) is 25.7 Å². The van der Waals surface area contributed by atoms with Crippen LogP contribution in [0, 0.1) is 0 Å². The van der Waals surface area contributed by atoms with Crippen LogP contribution < -0.4 is 15.1 Å². The summed E-state index contributed by atoms with van der Waals surface area (Å²) in [5.74, 6) is 0. The summed E-state index contributed by atoms with van der Waals surface area (Å²) in [4.78, 5) is 25.9. The molecule has 1 aromatic carbocycles. The van der Waals surface area contributed by atoms with Crippen molar-refractivity contribution in [1.29, 1.82) is 0 Å². The fourth-order valence-electron chi connectivity index (χ4n) is 2.84. The molecule has 2 rings (SSSR count). The topological polar surface area (TPSA) is 72.9 Å². The van der Waals surface area contributed by atoms with E-state index in [9.17, 15) is 14.7 Å². The van der Waals surface area contributed by atoms with Crippen molar-refractivity contribution >= 4 is 23.5 Å². The molecule has 21 heavy (non-hydrogen) atoms. The van der Waals surface area contributed by atoms with Crippen molar-refractivity contribution in [3.05, 3.63) is 23.3 Å². The Morgan fingerprint density at radius 3 is 1.95 bits per heavy atom. The average molecular weight is 291 g/mol. The summed E-state index contributed by atoms with van der Waals surface area (Å²) in [5.41, 5.74) is 3.69. The zero-order valence-corrected chi connectivity index (χ0v) is 12.6. The molecule has 1 aliphatic rings. The van der Waals surface area contributed by atoms with E-state index in [-0.39, 0.29) is 6.03 Å². The van der Waals surface area contributed by atoms with Crippen LogP contribution in [0.3, 0.4) is 0 Å². The number of amides is 3. The number of nitrogens with one attached hydrogen (secondary N) is 1. The number of fused-ring (bicyclic) bond motifs is 1. The Hall–Kier alpha value is -2.24. The van der Waals surface area contributed by atoms with E-state index in [0.29, 0.717) is 5.69 Å². The summed E-state index contributed by atoms with van der Waals surface area (Å²) in [5, 5.41) is 11.8. The van der Waals surface area contributed by atoms with E-state index in [2.05, 4.69) is 5.32 Å². The molecule has 1 aliphatic carbocycles. The lowest BCUT2D eigenvalue weighted by Crippen LogP contribution is -2.36. The first kappa shape index (κ1) is 15.2. The number of rotatable bonds is 2. The molecule has 0 fully saturated rings. The van der Waals surface area contributed by atoms with Gasteiger partial charge in [0.05, 0.1) is 5.69 Å². The molecule has 0 radical (unpaired) electrons. The first-order valence-electron chi connectivity index (χ1n) is 7.04. The first-order chi connectivity index (χ1) is 9.97. The van der Waals surface area contributed by atoms with Crippen molar-refractivity contribution in [1.82, 2.24) is 5.32 Å². The maximum absolute atomic E-state index is 11.8. The Kier molecular flexibility index (Phi) is 4.35. The molecular formula is C15H21N3O3. The van der Waals surface area contributed by atoms with Crippen molar-refractivity contribution in [2.24, 2.45) is 0 Å². The Balaban J connectivity index is 2.51. The molecule has 6 nitrogen and oxygen atoms in total. The first-order valence-corrected chi connectivity index (χ1v) is 7.04. The van der Waals surface area contributed by atoms with Gasteiger partial charge < -0.3 is 10.4 Å². The van der Waals surface area contributed by atoms with Crippen LogP contribution in [0.1, 0.15) is 24.0 Å². The van der Waals surface area contributed by atoms with Gasteiger partial charge in [-0.25, -0.2) is 9.59 Å². The van der Waals surface area contributed by atoms with E-state index in [0.717, 1.165) is 42.5 Å². The molecule has 1 aromatic rings. The van der Waals surface area contributed by atoms with Gasteiger partial charge in [0.1, 0.15) is 0 Å². The molecule has 0 aromatic heterocycles. The highest BCUT2D eigenvalue weighted by Gasteiger charge is 2.23. The second-order valence-electron chi connectivity index (χ2n) is 5.22. The van der Waals surface area contributed by atoms with Crippen LogP contribution in [-0.2, 0) is 12.8 Å². The highest BCUT2D eigenvalue weighted by molar-refractivity contribution is 5.94. The highest BCUT2D eigenvalue weighted by atomic mass is 16.4. The lowest BCUT2D eigenvalue weighted by molar-refractivity contribution is 0.203. The van der Waals surface area contributed by atoms with Crippen molar-refractivity contribution in [3.8, 4) is 0 Å². The maximum Gasteiger partial charge on any atom is 0.411 e. The summed E-state index contributed by atoms with van der Waals surface area (Å²) in [6.07, 6.45) is 2.84. The zero-order valence-electron chi connectivity index (χ0n) is 12.6. The van der Waals surface area contributed by atoms with E-state index in [1.807, 2.05) is 6.07 Å². The Morgan fingerprint density at radius 2 is 1.52 bits per heavy atom. The predicted octanol–water partition coefficient (Wildman–Crippen LogP) is 2.46. The summed E-state index contributed by atoms with van der Waals surface area (Å²) >= 11 is 0. The molecule has 6 heteroatoms. The number of hydrogen-bond acceptors (Lipinski definition) is 2. The molecule has 0 aliphatic heterocycles. The number of hydrogen-bond donors (Lipinski definition) is 2. The van der Waals surface area contributed by atoms with Crippen molar-refractivity contribution in [2.75, 3.05) is 30.9 Å². The molecule has 0 bridgehead atoms. The van der Waals surface area contributed by atoms with Gasteiger partial charge in [0, 0.05) is 26.8 Å². The molecular weight excluding hydrogens is 270 g/mol.